The first kappa shape index (κ1) is 21.7. The second-order valence-corrected chi connectivity index (χ2v) is 5.25. The van der Waals surface area contributed by atoms with Crippen LogP contribution in [0.5, 0.6) is 5.75 Å². The van der Waals surface area contributed by atoms with Crippen molar-refractivity contribution in [2.24, 2.45) is 0 Å². The lowest BCUT2D eigenvalue weighted by molar-refractivity contribution is -0.386. The Kier molecular flexibility index (Phi) is 9.16. The van der Waals surface area contributed by atoms with Gasteiger partial charge in [-0.1, -0.05) is 6.08 Å². The summed E-state index contributed by atoms with van der Waals surface area (Å²) in [5.41, 5.74) is 1.03. The monoisotopic (exact) mass is 363 g/mol. The summed E-state index contributed by atoms with van der Waals surface area (Å²) in [6, 6.07) is 2.84. The maximum Gasteiger partial charge on any atom is 0.277 e. The number of nitrogens with one attached hydrogen (secondary N) is 1. The summed E-state index contributed by atoms with van der Waals surface area (Å²) < 4.78 is 0. The average Bonchev–Trinajstić information content (AvgIpc) is 2.48. The molecule has 1 fully saturated rings. The first-order valence-corrected chi connectivity index (χ1v) is 7.08. The molecule has 1 saturated heterocycles. The van der Waals surface area contributed by atoms with Crippen molar-refractivity contribution in [3.05, 3.63) is 46.0 Å². The van der Waals surface area contributed by atoms with Gasteiger partial charge in [-0.15, -0.1) is 31.4 Å². The maximum absolute atomic E-state index is 11.3. The standard InChI is InChI=1S/C15H21N3O3.2ClH/c1-3-4-12(17-9-7-16-8-10-17)14-13(18(20)21)6-5-11(2)15(14)19;;/h3,5-6,12,16,19H,1,4,7-10H2,2H3;2*1H/t12-;;/m1../s1. The van der Waals surface area contributed by atoms with Crippen LogP contribution >= 0.6 is 24.8 Å². The fraction of sp³-hybridized carbons (Fsp3) is 0.467. The third kappa shape index (κ3) is 4.81. The fourth-order valence-electron chi connectivity index (χ4n) is 2.80. The van der Waals surface area contributed by atoms with Crippen LogP contribution in [0.1, 0.15) is 23.6 Å². The van der Waals surface area contributed by atoms with Crippen molar-refractivity contribution in [3.63, 3.8) is 0 Å². The van der Waals surface area contributed by atoms with Gasteiger partial charge in [0.05, 0.1) is 10.5 Å². The number of aromatic hydroxyl groups is 1. The Bertz CT molecular complexity index is 549. The number of rotatable bonds is 5. The summed E-state index contributed by atoms with van der Waals surface area (Å²) in [6.45, 7) is 8.78. The maximum atomic E-state index is 11.3. The quantitative estimate of drug-likeness (QED) is 0.477. The van der Waals surface area contributed by atoms with Crippen molar-refractivity contribution >= 4 is 30.5 Å². The van der Waals surface area contributed by atoms with Crippen molar-refractivity contribution in [1.82, 2.24) is 10.2 Å². The Hall–Kier alpha value is -1.34. The highest BCUT2D eigenvalue weighted by molar-refractivity contribution is 5.85. The van der Waals surface area contributed by atoms with Crippen LogP contribution in [0.4, 0.5) is 5.69 Å². The van der Waals surface area contributed by atoms with E-state index in [-0.39, 0.29) is 42.3 Å². The van der Waals surface area contributed by atoms with Gasteiger partial charge in [-0.05, 0) is 25.0 Å². The molecule has 2 rings (SSSR count). The third-order valence-electron chi connectivity index (χ3n) is 3.91. The van der Waals surface area contributed by atoms with Crippen LogP contribution in [0.15, 0.2) is 24.8 Å². The number of benzene rings is 1. The summed E-state index contributed by atoms with van der Waals surface area (Å²) >= 11 is 0. The highest BCUT2D eigenvalue weighted by atomic mass is 35.5. The van der Waals surface area contributed by atoms with E-state index in [0.29, 0.717) is 17.5 Å². The molecule has 1 atom stereocenters. The van der Waals surface area contributed by atoms with Gasteiger partial charge < -0.3 is 10.4 Å². The predicted molar refractivity (Wildman–Crippen MR) is 96.0 cm³/mol. The van der Waals surface area contributed by atoms with Gasteiger partial charge in [0.2, 0.25) is 0 Å². The minimum atomic E-state index is -0.424. The topological polar surface area (TPSA) is 78.6 Å². The zero-order valence-electron chi connectivity index (χ0n) is 13.0. The number of phenols is 1. The molecule has 1 heterocycles. The number of hydrogen-bond donors (Lipinski definition) is 2. The molecule has 0 aliphatic carbocycles. The van der Waals surface area contributed by atoms with Gasteiger partial charge in [0.1, 0.15) is 5.75 Å². The molecule has 0 amide bonds. The van der Waals surface area contributed by atoms with Crippen molar-refractivity contribution in [1.29, 1.82) is 0 Å². The Morgan fingerprint density at radius 2 is 2.04 bits per heavy atom. The van der Waals surface area contributed by atoms with E-state index >= 15 is 0 Å². The van der Waals surface area contributed by atoms with E-state index < -0.39 is 4.92 Å². The summed E-state index contributed by atoms with van der Waals surface area (Å²) in [5.74, 6) is 0.0228. The number of aryl methyl sites for hydroxylation is 1. The number of halogens is 2. The van der Waals surface area contributed by atoms with E-state index in [1.54, 1.807) is 19.1 Å². The first-order valence-electron chi connectivity index (χ1n) is 7.08. The lowest BCUT2D eigenvalue weighted by Gasteiger charge is -2.34. The summed E-state index contributed by atoms with van der Waals surface area (Å²) in [5, 5.41) is 25.0. The summed E-state index contributed by atoms with van der Waals surface area (Å²) in [7, 11) is 0. The van der Waals surface area contributed by atoms with E-state index in [2.05, 4.69) is 16.8 Å². The molecule has 0 saturated carbocycles. The molecule has 0 bridgehead atoms. The fourth-order valence-corrected chi connectivity index (χ4v) is 2.80. The average molecular weight is 364 g/mol. The number of nitro benzene ring substituents is 1. The Labute approximate surface area is 148 Å². The lowest BCUT2D eigenvalue weighted by Crippen LogP contribution is -2.45. The smallest absolute Gasteiger partial charge is 0.277 e. The van der Waals surface area contributed by atoms with E-state index in [9.17, 15) is 15.2 Å². The van der Waals surface area contributed by atoms with E-state index in [1.807, 2.05) is 0 Å². The van der Waals surface area contributed by atoms with Gasteiger partial charge in [-0.2, -0.15) is 0 Å². The molecule has 1 aromatic carbocycles. The van der Waals surface area contributed by atoms with Crippen LogP contribution in [0, 0.1) is 17.0 Å². The Morgan fingerprint density at radius 1 is 1.43 bits per heavy atom. The highest BCUT2D eigenvalue weighted by Crippen LogP contribution is 2.40. The molecule has 6 nitrogen and oxygen atoms in total. The van der Waals surface area contributed by atoms with E-state index in [4.69, 9.17) is 0 Å². The number of nitro groups is 1. The molecule has 1 aliphatic rings. The van der Waals surface area contributed by atoms with Crippen molar-refractivity contribution < 1.29 is 10.0 Å². The second kappa shape index (κ2) is 9.72. The zero-order chi connectivity index (χ0) is 15.4. The molecule has 2 N–H and O–H groups in total. The minimum absolute atomic E-state index is 0. The Balaban J connectivity index is 0.00000242. The molecule has 1 aliphatic heterocycles. The molecule has 8 heteroatoms. The van der Waals surface area contributed by atoms with E-state index in [0.717, 1.165) is 26.2 Å². The molecule has 23 heavy (non-hydrogen) atoms. The molecular weight excluding hydrogens is 341 g/mol. The normalized spacial score (nSPS) is 15.9. The second-order valence-electron chi connectivity index (χ2n) is 5.25. The van der Waals surface area contributed by atoms with Crippen molar-refractivity contribution in [2.75, 3.05) is 26.2 Å². The summed E-state index contributed by atoms with van der Waals surface area (Å²) in [6.07, 6.45) is 2.32. The third-order valence-corrected chi connectivity index (χ3v) is 3.91. The van der Waals surface area contributed by atoms with Gasteiger partial charge in [0.15, 0.2) is 0 Å². The first-order chi connectivity index (χ1) is 10.1. The lowest BCUT2D eigenvalue weighted by atomic mass is 9.96. The van der Waals surface area contributed by atoms with Gasteiger partial charge in [0, 0.05) is 38.3 Å². The molecule has 0 unspecified atom stereocenters. The minimum Gasteiger partial charge on any atom is -0.507 e. The molecule has 130 valence electrons. The van der Waals surface area contributed by atoms with Gasteiger partial charge >= 0.3 is 0 Å². The van der Waals surface area contributed by atoms with Gasteiger partial charge in [0.25, 0.3) is 5.69 Å². The summed E-state index contributed by atoms with van der Waals surface area (Å²) in [4.78, 5) is 13.1. The Morgan fingerprint density at radius 3 is 2.57 bits per heavy atom. The number of piperazine rings is 1. The molecule has 1 aromatic rings. The molecular formula is C15H23Cl2N3O3. The number of nitrogens with zero attached hydrogens (tertiary/aromatic N) is 2. The molecule has 0 aromatic heterocycles. The van der Waals surface area contributed by atoms with E-state index in [1.165, 1.54) is 6.07 Å². The zero-order valence-corrected chi connectivity index (χ0v) is 14.7. The van der Waals surface area contributed by atoms with Crippen molar-refractivity contribution in [3.8, 4) is 5.75 Å². The van der Waals surface area contributed by atoms with Crippen LogP contribution in [0.25, 0.3) is 0 Å². The molecule has 0 spiro atoms. The highest BCUT2D eigenvalue weighted by Gasteiger charge is 2.31. The number of hydrogen-bond acceptors (Lipinski definition) is 5. The van der Waals surface area contributed by atoms with Crippen LogP contribution < -0.4 is 5.32 Å². The van der Waals surface area contributed by atoms with Crippen LogP contribution in [0.3, 0.4) is 0 Å². The van der Waals surface area contributed by atoms with Crippen molar-refractivity contribution in [2.45, 2.75) is 19.4 Å². The SMILES string of the molecule is C=CC[C@H](c1c([N+](=O)[O-])ccc(C)c1O)N1CCNCC1.Cl.Cl. The van der Waals surface area contributed by atoms with Crippen LogP contribution in [-0.4, -0.2) is 41.1 Å². The van der Waals surface area contributed by atoms with Gasteiger partial charge in [-0.25, -0.2) is 0 Å². The predicted octanol–water partition coefficient (Wildman–Crippen LogP) is 2.97. The molecule has 0 radical (unpaired) electrons. The van der Waals surface area contributed by atoms with Crippen LogP contribution in [-0.2, 0) is 0 Å². The van der Waals surface area contributed by atoms with Crippen LogP contribution in [0.2, 0.25) is 0 Å². The van der Waals surface area contributed by atoms with Gasteiger partial charge in [-0.3, -0.25) is 15.0 Å². The number of phenolic OH excluding ortho intramolecular Hbond substituents is 1. The largest absolute Gasteiger partial charge is 0.507 e.